The molecule has 0 radical (unpaired) electrons. The highest BCUT2D eigenvalue weighted by Crippen LogP contribution is 2.36. The fourth-order valence-electron chi connectivity index (χ4n) is 3.90. The third-order valence-electron chi connectivity index (χ3n) is 5.43. The van der Waals surface area contributed by atoms with E-state index in [0.29, 0.717) is 10.6 Å². The highest BCUT2D eigenvalue weighted by molar-refractivity contribution is 7.99. The van der Waals surface area contributed by atoms with Crippen molar-refractivity contribution in [1.82, 2.24) is 14.8 Å². The minimum Gasteiger partial charge on any atom is -0.316 e. The molecular weight excluding hydrogens is 426 g/mol. The average molecular weight is 452 g/mol. The molecule has 1 N–H and O–H groups in total. The molecule has 1 aliphatic rings. The first-order chi connectivity index (χ1) is 15.2. The maximum atomic E-state index is 12.7. The average Bonchev–Trinajstić information content (AvgIpc) is 3.33. The molecule has 0 fully saturated rings. The molecule has 6 nitrogen and oxygen atoms in total. The number of hydrogen-bond acceptors (Lipinski definition) is 6. The first-order valence-electron chi connectivity index (χ1n) is 10.7. The zero-order valence-corrected chi connectivity index (χ0v) is 19.2. The Kier molecular flexibility index (Phi) is 7.05. The number of thiophene rings is 1. The van der Waals surface area contributed by atoms with E-state index in [9.17, 15) is 10.1 Å². The molecule has 8 heteroatoms. The van der Waals surface area contributed by atoms with Crippen molar-refractivity contribution < 1.29 is 4.79 Å². The molecule has 0 aliphatic heterocycles. The normalized spacial score (nSPS) is 13.7. The largest absolute Gasteiger partial charge is 0.316 e. The molecule has 0 saturated heterocycles. The van der Waals surface area contributed by atoms with Crippen molar-refractivity contribution in [3.05, 3.63) is 46.3 Å². The minimum atomic E-state index is -0.123. The van der Waals surface area contributed by atoms with E-state index >= 15 is 0 Å². The number of nitrogens with zero attached hydrogens (tertiary/aromatic N) is 4. The molecule has 160 valence electrons. The van der Waals surface area contributed by atoms with Gasteiger partial charge in [-0.05, 0) is 38.2 Å². The predicted octanol–water partition coefficient (Wildman–Crippen LogP) is 5.29. The Morgan fingerprint density at radius 2 is 1.97 bits per heavy atom. The summed E-state index contributed by atoms with van der Waals surface area (Å²) >= 11 is 2.94. The van der Waals surface area contributed by atoms with Gasteiger partial charge in [0, 0.05) is 17.0 Å². The van der Waals surface area contributed by atoms with E-state index in [2.05, 4.69) is 21.6 Å². The summed E-state index contributed by atoms with van der Waals surface area (Å²) in [5.74, 6) is 0.902. The van der Waals surface area contributed by atoms with E-state index in [-0.39, 0.29) is 11.7 Å². The zero-order chi connectivity index (χ0) is 21.6. The molecule has 31 heavy (non-hydrogen) atoms. The van der Waals surface area contributed by atoms with Gasteiger partial charge in [-0.3, -0.25) is 4.79 Å². The van der Waals surface area contributed by atoms with E-state index in [0.717, 1.165) is 54.3 Å². The monoisotopic (exact) mass is 451 g/mol. The highest BCUT2D eigenvalue weighted by Gasteiger charge is 2.21. The lowest BCUT2D eigenvalue weighted by atomic mass is 9.97. The number of aromatic nitrogens is 3. The van der Waals surface area contributed by atoms with Crippen molar-refractivity contribution in [2.75, 3.05) is 11.1 Å². The lowest BCUT2D eigenvalue weighted by Gasteiger charge is -2.08. The smallest absolute Gasteiger partial charge is 0.235 e. The summed E-state index contributed by atoms with van der Waals surface area (Å²) in [5.41, 5.74) is 2.81. The summed E-state index contributed by atoms with van der Waals surface area (Å²) in [5, 5.41) is 22.7. The standard InChI is InChI=1S/C23H25N5OS2/c1-2-28-21(16-10-6-5-7-11-16)26-27-23(28)30-15-20(29)25-22-18(14-24)17-12-8-3-4-9-13-19(17)31-22/h5-7,10-11H,2-4,8-9,12-13,15H2,1H3,(H,25,29). The summed E-state index contributed by atoms with van der Waals surface area (Å²) in [7, 11) is 0. The Labute approximate surface area is 190 Å². The molecule has 0 atom stereocenters. The van der Waals surface area contributed by atoms with Crippen LogP contribution in [0.25, 0.3) is 11.4 Å². The van der Waals surface area contributed by atoms with Crippen LogP contribution in [0.15, 0.2) is 35.5 Å². The Morgan fingerprint density at radius 3 is 2.71 bits per heavy atom. The molecule has 1 aliphatic carbocycles. The number of aryl methyl sites for hydroxylation is 1. The number of anilines is 1. The number of nitrogens with one attached hydrogen (secondary N) is 1. The number of benzene rings is 1. The van der Waals surface area contributed by atoms with Crippen LogP contribution in [0.5, 0.6) is 0 Å². The number of fused-ring (bicyclic) bond motifs is 1. The molecule has 0 bridgehead atoms. The zero-order valence-electron chi connectivity index (χ0n) is 17.6. The highest BCUT2D eigenvalue weighted by atomic mass is 32.2. The number of hydrogen-bond donors (Lipinski definition) is 1. The number of carbonyl (C=O) groups excluding carboxylic acids is 1. The minimum absolute atomic E-state index is 0.123. The van der Waals surface area contributed by atoms with E-state index < -0.39 is 0 Å². The molecule has 0 spiro atoms. The van der Waals surface area contributed by atoms with Gasteiger partial charge in [0.2, 0.25) is 5.91 Å². The predicted molar refractivity (Wildman–Crippen MR) is 125 cm³/mol. The molecule has 0 saturated carbocycles. The fourth-order valence-corrected chi connectivity index (χ4v) is 5.96. The maximum Gasteiger partial charge on any atom is 0.235 e. The van der Waals surface area contributed by atoms with Crippen LogP contribution < -0.4 is 5.32 Å². The van der Waals surface area contributed by atoms with Crippen molar-refractivity contribution in [1.29, 1.82) is 5.26 Å². The Hall–Kier alpha value is -2.63. The number of nitriles is 1. The lowest BCUT2D eigenvalue weighted by molar-refractivity contribution is -0.113. The Balaban J connectivity index is 1.45. The van der Waals surface area contributed by atoms with Gasteiger partial charge in [0.15, 0.2) is 11.0 Å². The summed E-state index contributed by atoms with van der Waals surface area (Å²) in [6.45, 7) is 2.76. The number of rotatable bonds is 6. The van der Waals surface area contributed by atoms with Crippen molar-refractivity contribution >= 4 is 34.0 Å². The second kappa shape index (κ2) is 10.1. The summed E-state index contributed by atoms with van der Waals surface area (Å²) in [4.78, 5) is 13.9. The van der Waals surface area contributed by atoms with E-state index in [1.165, 1.54) is 29.5 Å². The van der Waals surface area contributed by atoms with Crippen LogP contribution in [0.4, 0.5) is 5.00 Å². The molecule has 1 aromatic carbocycles. The van der Waals surface area contributed by atoms with E-state index in [1.807, 2.05) is 41.8 Å². The lowest BCUT2D eigenvalue weighted by Crippen LogP contribution is -2.14. The van der Waals surface area contributed by atoms with Gasteiger partial charge < -0.3 is 9.88 Å². The van der Waals surface area contributed by atoms with Crippen molar-refractivity contribution in [2.45, 2.75) is 57.1 Å². The van der Waals surface area contributed by atoms with Crippen LogP contribution in [0.3, 0.4) is 0 Å². The van der Waals surface area contributed by atoms with Gasteiger partial charge in [-0.1, -0.05) is 54.9 Å². The SMILES string of the molecule is CCn1c(SCC(=O)Nc2sc3c(c2C#N)CCCCCC3)nnc1-c1ccccc1. The van der Waals surface area contributed by atoms with Crippen LogP contribution in [0, 0.1) is 11.3 Å². The van der Waals surface area contributed by atoms with Gasteiger partial charge in [0.25, 0.3) is 0 Å². The van der Waals surface area contributed by atoms with Gasteiger partial charge in [-0.2, -0.15) is 5.26 Å². The van der Waals surface area contributed by atoms with Crippen molar-refractivity contribution in [2.24, 2.45) is 0 Å². The first-order valence-corrected chi connectivity index (χ1v) is 12.5. The quantitative estimate of drug-likeness (QED) is 0.515. The van der Waals surface area contributed by atoms with Gasteiger partial charge in [0.1, 0.15) is 11.1 Å². The molecule has 2 heterocycles. The van der Waals surface area contributed by atoms with E-state index in [1.54, 1.807) is 11.3 Å². The van der Waals surface area contributed by atoms with Gasteiger partial charge in [-0.25, -0.2) is 0 Å². The Bertz CT molecular complexity index is 1100. The van der Waals surface area contributed by atoms with Crippen LogP contribution >= 0.6 is 23.1 Å². The third-order valence-corrected chi connectivity index (χ3v) is 7.61. The summed E-state index contributed by atoms with van der Waals surface area (Å²) in [6, 6.07) is 12.3. The topological polar surface area (TPSA) is 83.6 Å². The van der Waals surface area contributed by atoms with Crippen LogP contribution in [-0.2, 0) is 24.2 Å². The van der Waals surface area contributed by atoms with Crippen LogP contribution in [0.1, 0.15) is 48.6 Å². The van der Waals surface area contributed by atoms with Crippen molar-refractivity contribution in [3.8, 4) is 17.5 Å². The second-order valence-corrected chi connectivity index (χ2v) is 9.53. The van der Waals surface area contributed by atoms with Crippen molar-refractivity contribution in [3.63, 3.8) is 0 Å². The number of thioether (sulfide) groups is 1. The first kappa shape index (κ1) is 21.6. The summed E-state index contributed by atoms with van der Waals surface area (Å²) < 4.78 is 2.02. The van der Waals surface area contributed by atoms with E-state index in [4.69, 9.17) is 0 Å². The van der Waals surface area contributed by atoms with Gasteiger partial charge >= 0.3 is 0 Å². The molecular formula is C23H25N5OS2. The summed E-state index contributed by atoms with van der Waals surface area (Å²) in [6.07, 6.45) is 6.64. The van der Waals surface area contributed by atoms with Crippen LogP contribution in [-0.4, -0.2) is 26.4 Å². The molecule has 0 unspecified atom stereocenters. The number of amides is 1. The molecule has 3 aromatic rings. The maximum absolute atomic E-state index is 12.7. The second-order valence-electron chi connectivity index (χ2n) is 7.49. The Morgan fingerprint density at radius 1 is 1.19 bits per heavy atom. The molecule has 2 aromatic heterocycles. The molecule has 4 rings (SSSR count). The molecule has 1 amide bonds. The fraction of sp³-hybridized carbons (Fsp3) is 0.391. The van der Waals surface area contributed by atoms with Crippen LogP contribution in [0.2, 0.25) is 0 Å². The van der Waals surface area contributed by atoms with Gasteiger partial charge in [-0.15, -0.1) is 21.5 Å². The number of carbonyl (C=O) groups is 1. The third kappa shape index (κ3) is 4.83. The van der Waals surface area contributed by atoms with Gasteiger partial charge in [0.05, 0.1) is 11.3 Å².